The third kappa shape index (κ3) is 5.25. The van der Waals surface area contributed by atoms with Gasteiger partial charge in [0.2, 0.25) is 5.89 Å². The Hall–Kier alpha value is -2.50. The van der Waals surface area contributed by atoms with E-state index in [-0.39, 0.29) is 5.41 Å². The lowest BCUT2D eigenvalue weighted by molar-refractivity contribution is 0.379. The molecule has 27 heavy (non-hydrogen) atoms. The highest BCUT2D eigenvalue weighted by molar-refractivity contribution is 5.79. The average Bonchev–Trinajstić information content (AvgIpc) is 3.16. The Morgan fingerprint density at radius 1 is 1.22 bits per heavy atom. The van der Waals surface area contributed by atoms with Gasteiger partial charge >= 0.3 is 0 Å². The summed E-state index contributed by atoms with van der Waals surface area (Å²) >= 11 is 0. The Morgan fingerprint density at radius 3 is 2.52 bits per heavy atom. The maximum atomic E-state index is 5.83. The number of oxazole rings is 1. The summed E-state index contributed by atoms with van der Waals surface area (Å²) in [5.74, 6) is 2.38. The SMILES string of the molecule is CN=C(NCc1ncc(C(C)(C)C)o1)NC1CCN(c2ccccc2)CC1. The number of nitrogens with zero attached hydrogens (tertiary/aromatic N) is 3. The van der Waals surface area contributed by atoms with Crippen LogP contribution in [0.25, 0.3) is 0 Å². The molecule has 3 rings (SSSR count). The van der Waals surface area contributed by atoms with Gasteiger partial charge in [-0.05, 0) is 25.0 Å². The summed E-state index contributed by atoms with van der Waals surface area (Å²) in [6.07, 6.45) is 3.98. The first kappa shape index (κ1) is 19.3. The van der Waals surface area contributed by atoms with E-state index < -0.39 is 0 Å². The molecule has 146 valence electrons. The van der Waals surface area contributed by atoms with E-state index >= 15 is 0 Å². The van der Waals surface area contributed by atoms with Crippen molar-refractivity contribution in [3.63, 3.8) is 0 Å². The molecule has 1 aliphatic rings. The molecule has 6 heteroatoms. The molecule has 0 saturated carbocycles. The standard InChI is InChI=1S/C21H31N5O/c1-21(2,3)18-14-23-19(27-18)15-24-20(22-4)25-16-10-12-26(13-11-16)17-8-6-5-7-9-17/h5-9,14,16H,10-13,15H2,1-4H3,(H2,22,24,25). The number of piperidine rings is 1. The van der Waals surface area contributed by atoms with E-state index in [0.29, 0.717) is 18.5 Å². The average molecular weight is 370 g/mol. The number of rotatable bonds is 4. The highest BCUT2D eigenvalue weighted by atomic mass is 16.4. The highest BCUT2D eigenvalue weighted by Crippen LogP contribution is 2.22. The molecule has 0 unspecified atom stereocenters. The van der Waals surface area contributed by atoms with Crippen molar-refractivity contribution in [2.45, 2.75) is 51.6 Å². The lowest BCUT2D eigenvalue weighted by atomic mass is 9.94. The predicted molar refractivity (Wildman–Crippen MR) is 110 cm³/mol. The smallest absolute Gasteiger partial charge is 0.213 e. The molecular formula is C21H31N5O. The van der Waals surface area contributed by atoms with Gasteiger partial charge in [-0.15, -0.1) is 0 Å². The summed E-state index contributed by atoms with van der Waals surface area (Å²) in [5, 5.41) is 6.84. The van der Waals surface area contributed by atoms with Crippen molar-refractivity contribution >= 4 is 11.6 Å². The molecule has 0 bridgehead atoms. The van der Waals surface area contributed by atoms with Crippen LogP contribution >= 0.6 is 0 Å². The number of aromatic nitrogens is 1. The fourth-order valence-electron chi connectivity index (χ4n) is 3.21. The summed E-state index contributed by atoms with van der Waals surface area (Å²) in [7, 11) is 1.80. The zero-order chi connectivity index (χ0) is 19.3. The molecule has 1 fully saturated rings. The second-order valence-corrected chi connectivity index (χ2v) is 8.04. The molecule has 0 amide bonds. The van der Waals surface area contributed by atoms with E-state index in [1.807, 2.05) is 6.20 Å². The molecule has 0 spiro atoms. The maximum Gasteiger partial charge on any atom is 0.213 e. The fourth-order valence-corrected chi connectivity index (χ4v) is 3.21. The Morgan fingerprint density at radius 2 is 1.93 bits per heavy atom. The van der Waals surface area contributed by atoms with Gasteiger partial charge in [-0.25, -0.2) is 4.98 Å². The Bertz CT molecular complexity index is 739. The van der Waals surface area contributed by atoms with Gasteiger partial charge in [0.25, 0.3) is 0 Å². The van der Waals surface area contributed by atoms with Crippen LogP contribution < -0.4 is 15.5 Å². The van der Waals surface area contributed by atoms with Crippen LogP contribution in [0.15, 0.2) is 45.9 Å². The monoisotopic (exact) mass is 369 g/mol. The third-order valence-corrected chi connectivity index (χ3v) is 4.88. The van der Waals surface area contributed by atoms with Gasteiger partial charge in [0.15, 0.2) is 5.96 Å². The summed E-state index contributed by atoms with van der Waals surface area (Å²) < 4.78 is 5.83. The van der Waals surface area contributed by atoms with Crippen molar-refractivity contribution in [1.29, 1.82) is 0 Å². The fraction of sp³-hybridized carbons (Fsp3) is 0.524. The van der Waals surface area contributed by atoms with Gasteiger partial charge in [-0.3, -0.25) is 4.99 Å². The van der Waals surface area contributed by atoms with Crippen LogP contribution in [-0.2, 0) is 12.0 Å². The Balaban J connectivity index is 1.46. The molecule has 2 heterocycles. The number of hydrogen-bond donors (Lipinski definition) is 2. The van der Waals surface area contributed by atoms with Crippen molar-refractivity contribution in [1.82, 2.24) is 15.6 Å². The number of anilines is 1. The van der Waals surface area contributed by atoms with Crippen molar-refractivity contribution < 1.29 is 4.42 Å². The van der Waals surface area contributed by atoms with Crippen LogP contribution in [0.3, 0.4) is 0 Å². The van der Waals surface area contributed by atoms with Crippen LogP contribution in [0.1, 0.15) is 45.3 Å². The zero-order valence-electron chi connectivity index (χ0n) is 16.8. The molecule has 0 radical (unpaired) electrons. The molecule has 0 aliphatic carbocycles. The highest BCUT2D eigenvalue weighted by Gasteiger charge is 2.21. The normalized spacial score (nSPS) is 16.4. The van der Waals surface area contributed by atoms with Crippen LogP contribution in [0, 0.1) is 0 Å². The lowest BCUT2D eigenvalue weighted by Crippen LogP contribution is -2.48. The third-order valence-electron chi connectivity index (χ3n) is 4.88. The molecule has 1 aliphatic heterocycles. The summed E-state index contributed by atoms with van der Waals surface area (Å²) in [4.78, 5) is 11.1. The number of para-hydroxylation sites is 1. The van der Waals surface area contributed by atoms with Gasteiger partial charge in [0.05, 0.1) is 12.7 Å². The first-order valence-corrected chi connectivity index (χ1v) is 9.68. The van der Waals surface area contributed by atoms with Gasteiger partial charge in [0.1, 0.15) is 5.76 Å². The lowest BCUT2D eigenvalue weighted by Gasteiger charge is -2.34. The second-order valence-electron chi connectivity index (χ2n) is 8.04. The maximum absolute atomic E-state index is 5.83. The van der Waals surface area contributed by atoms with Crippen molar-refractivity contribution in [3.8, 4) is 0 Å². The minimum absolute atomic E-state index is 0.0299. The molecule has 2 N–H and O–H groups in total. The molecule has 6 nitrogen and oxygen atoms in total. The van der Waals surface area contributed by atoms with E-state index in [2.05, 4.69) is 76.6 Å². The summed E-state index contributed by atoms with van der Waals surface area (Å²) in [6.45, 7) is 8.98. The van der Waals surface area contributed by atoms with Gasteiger partial charge < -0.3 is 20.0 Å². The van der Waals surface area contributed by atoms with E-state index in [1.165, 1.54) is 5.69 Å². The largest absolute Gasteiger partial charge is 0.443 e. The Kier molecular flexibility index (Phi) is 6.04. The minimum Gasteiger partial charge on any atom is -0.443 e. The number of aliphatic imine (C=N–C) groups is 1. The van der Waals surface area contributed by atoms with Crippen molar-refractivity contribution in [2.24, 2.45) is 4.99 Å². The number of guanidine groups is 1. The molecule has 1 aromatic heterocycles. The first-order chi connectivity index (χ1) is 13.0. The topological polar surface area (TPSA) is 65.7 Å². The van der Waals surface area contributed by atoms with Gasteiger partial charge in [-0.2, -0.15) is 0 Å². The predicted octanol–water partition coefficient (Wildman–Crippen LogP) is 3.31. The van der Waals surface area contributed by atoms with Crippen LogP contribution in [0.5, 0.6) is 0 Å². The van der Waals surface area contributed by atoms with E-state index in [4.69, 9.17) is 4.42 Å². The van der Waals surface area contributed by atoms with Gasteiger partial charge in [0, 0.05) is 37.3 Å². The number of hydrogen-bond acceptors (Lipinski definition) is 4. The van der Waals surface area contributed by atoms with Crippen molar-refractivity contribution in [2.75, 3.05) is 25.0 Å². The molecule has 2 aromatic rings. The van der Waals surface area contributed by atoms with Crippen LogP contribution in [0.4, 0.5) is 5.69 Å². The van der Waals surface area contributed by atoms with E-state index in [1.54, 1.807) is 7.05 Å². The molecule has 1 saturated heterocycles. The molecular weight excluding hydrogens is 338 g/mol. The Labute approximate surface area is 162 Å². The zero-order valence-corrected chi connectivity index (χ0v) is 16.8. The van der Waals surface area contributed by atoms with Crippen LogP contribution in [0.2, 0.25) is 0 Å². The van der Waals surface area contributed by atoms with Gasteiger partial charge in [-0.1, -0.05) is 39.0 Å². The molecule has 1 aromatic carbocycles. The second kappa shape index (κ2) is 8.46. The summed E-state index contributed by atoms with van der Waals surface area (Å²) in [6, 6.07) is 11.0. The first-order valence-electron chi connectivity index (χ1n) is 9.68. The summed E-state index contributed by atoms with van der Waals surface area (Å²) in [5.41, 5.74) is 1.27. The molecule has 0 atom stereocenters. The number of benzene rings is 1. The van der Waals surface area contributed by atoms with Crippen molar-refractivity contribution in [3.05, 3.63) is 48.2 Å². The minimum atomic E-state index is -0.0299. The van der Waals surface area contributed by atoms with E-state index in [0.717, 1.165) is 37.7 Å². The quantitative estimate of drug-likeness (QED) is 0.639. The van der Waals surface area contributed by atoms with E-state index in [9.17, 15) is 0 Å². The number of nitrogens with one attached hydrogen (secondary N) is 2. The van der Waals surface area contributed by atoms with Crippen LogP contribution in [-0.4, -0.2) is 37.1 Å².